The number of aromatic nitrogens is 3. The molecule has 0 aliphatic rings. The Kier molecular flexibility index (Phi) is 11.5. The Morgan fingerprint density at radius 2 is 1.50 bits per heavy atom. The maximum atomic E-state index is 11.9. The summed E-state index contributed by atoms with van der Waals surface area (Å²) < 4.78 is 0. The molecule has 0 saturated carbocycles. The maximum Gasteiger partial charge on any atom is 0.337 e. The molecule has 4 aromatic rings. The van der Waals surface area contributed by atoms with Gasteiger partial charge < -0.3 is 21.6 Å². The molecular formula is C31H39N5O2. The number of nitrogens with one attached hydrogen (secondary N) is 1. The molecule has 2 aromatic heterocycles. The number of hydrogen-bond acceptors (Lipinski definition) is 5. The van der Waals surface area contributed by atoms with Crippen molar-refractivity contribution >= 4 is 11.9 Å². The van der Waals surface area contributed by atoms with E-state index in [1.807, 2.05) is 54.6 Å². The summed E-state index contributed by atoms with van der Waals surface area (Å²) in [5.74, 6) is -0.886. The van der Waals surface area contributed by atoms with Crippen molar-refractivity contribution in [2.75, 3.05) is 12.3 Å². The smallest absolute Gasteiger partial charge is 0.337 e. The number of nitrogens with two attached hydrogens (primary N) is 2. The summed E-state index contributed by atoms with van der Waals surface area (Å²) in [5.41, 5.74) is 15.6. The van der Waals surface area contributed by atoms with Crippen molar-refractivity contribution in [3.8, 4) is 33.8 Å². The van der Waals surface area contributed by atoms with Crippen LogP contribution in [-0.2, 0) is 0 Å². The van der Waals surface area contributed by atoms with Crippen LogP contribution in [0.1, 0.15) is 68.6 Å². The van der Waals surface area contributed by atoms with Crippen LogP contribution in [0.15, 0.2) is 72.9 Å². The Morgan fingerprint density at radius 3 is 2.13 bits per heavy atom. The fourth-order valence-electron chi connectivity index (χ4n) is 4.35. The Bertz CT molecular complexity index is 1260. The molecule has 200 valence electrons. The highest BCUT2D eigenvalue weighted by Crippen LogP contribution is 2.35. The number of nitrogens with zero attached hydrogens (tertiary/aromatic N) is 2. The van der Waals surface area contributed by atoms with E-state index >= 15 is 0 Å². The molecule has 0 radical (unpaired) electrons. The Balaban J connectivity index is 0.000000310. The average molecular weight is 514 g/mol. The van der Waals surface area contributed by atoms with Crippen molar-refractivity contribution in [3.63, 3.8) is 0 Å². The van der Waals surface area contributed by atoms with E-state index in [9.17, 15) is 9.90 Å². The molecule has 0 unspecified atom stereocenters. The zero-order valence-electron chi connectivity index (χ0n) is 22.2. The number of hydrogen-bond donors (Lipinski definition) is 4. The monoisotopic (exact) mass is 513 g/mol. The molecule has 38 heavy (non-hydrogen) atoms. The second kappa shape index (κ2) is 15.3. The van der Waals surface area contributed by atoms with Crippen molar-refractivity contribution in [1.82, 2.24) is 15.0 Å². The molecule has 0 bridgehead atoms. The van der Waals surface area contributed by atoms with Gasteiger partial charge in [-0.25, -0.2) is 14.8 Å². The number of benzene rings is 2. The molecule has 0 amide bonds. The standard InChI is InChI=1S/C21H16N4O2.C10H23N/c22-21-23-11-10-17(25-21)18-12-16(20(26)27)19(24-18)15-9-5-4-8-14(15)13-6-2-1-3-7-13;1-2-3-4-5-6-7-8-9-10-11/h1-12,24H,(H,26,27)(H2,22,23,25);2-11H2,1H3. The van der Waals surface area contributed by atoms with E-state index < -0.39 is 5.97 Å². The van der Waals surface area contributed by atoms with Crippen molar-refractivity contribution in [2.45, 2.75) is 58.3 Å². The number of carboxylic acids is 1. The highest BCUT2D eigenvalue weighted by Gasteiger charge is 2.20. The van der Waals surface area contributed by atoms with Crippen LogP contribution in [0.25, 0.3) is 33.8 Å². The maximum absolute atomic E-state index is 11.9. The van der Waals surface area contributed by atoms with E-state index in [2.05, 4.69) is 21.9 Å². The van der Waals surface area contributed by atoms with Crippen LogP contribution in [0.2, 0.25) is 0 Å². The summed E-state index contributed by atoms with van der Waals surface area (Å²) in [5, 5.41) is 9.73. The first kappa shape index (κ1) is 28.6. The van der Waals surface area contributed by atoms with Crippen LogP contribution in [0.4, 0.5) is 5.95 Å². The van der Waals surface area contributed by atoms with Crippen molar-refractivity contribution in [1.29, 1.82) is 0 Å². The highest BCUT2D eigenvalue weighted by atomic mass is 16.4. The number of carboxylic acid groups (broad SMARTS) is 1. The van der Waals surface area contributed by atoms with Crippen LogP contribution in [-0.4, -0.2) is 32.6 Å². The van der Waals surface area contributed by atoms with Gasteiger partial charge in [0.05, 0.1) is 22.6 Å². The minimum atomic E-state index is -1.02. The second-order valence-electron chi connectivity index (χ2n) is 9.25. The van der Waals surface area contributed by atoms with Gasteiger partial charge in [0, 0.05) is 11.8 Å². The number of unbranched alkanes of at least 4 members (excludes halogenated alkanes) is 7. The van der Waals surface area contributed by atoms with Gasteiger partial charge in [0.1, 0.15) is 0 Å². The lowest BCUT2D eigenvalue weighted by molar-refractivity contribution is 0.0698. The molecule has 0 aliphatic heterocycles. The largest absolute Gasteiger partial charge is 0.478 e. The first-order chi connectivity index (χ1) is 18.5. The number of aromatic carboxylic acids is 1. The first-order valence-electron chi connectivity index (χ1n) is 13.4. The second-order valence-corrected chi connectivity index (χ2v) is 9.25. The molecule has 2 heterocycles. The van der Waals surface area contributed by atoms with Crippen LogP contribution >= 0.6 is 0 Å². The van der Waals surface area contributed by atoms with Crippen molar-refractivity contribution in [3.05, 3.63) is 78.5 Å². The number of carbonyl (C=O) groups is 1. The van der Waals surface area contributed by atoms with E-state index in [4.69, 9.17) is 11.5 Å². The average Bonchev–Trinajstić information content (AvgIpc) is 3.40. The van der Waals surface area contributed by atoms with Gasteiger partial charge in [0.2, 0.25) is 5.95 Å². The summed E-state index contributed by atoms with van der Waals surface area (Å²) in [7, 11) is 0. The molecule has 0 aliphatic carbocycles. The summed E-state index contributed by atoms with van der Waals surface area (Å²) in [6.45, 7) is 3.13. The van der Waals surface area contributed by atoms with Crippen LogP contribution < -0.4 is 11.5 Å². The summed E-state index contributed by atoms with van der Waals surface area (Å²) >= 11 is 0. The normalized spacial score (nSPS) is 10.6. The minimum Gasteiger partial charge on any atom is -0.478 e. The number of H-pyrrole nitrogens is 1. The molecule has 7 heteroatoms. The van der Waals surface area contributed by atoms with Gasteiger partial charge in [-0.15, -0.1) is 0 Å². The van der Waals surface area contributed by atoms with Crippen molar-refractivity contribution < 1.29 is 9.90 Å². The van der Waals surface area contributed by atoms with Crippen LogP contribution in [0.3, 0.4) is 0 Å². The van der Waals surface area contributed by atoms with Gasteiger partial charge in [0.25, 0.3) is 0 Å². The zero-order chi connectivity index (χ0) is 27.2. The van der Waals surface area contributed by atoms with Gasteiger partial charge in [-0.05, 0) is 36.2 Å². The highest BCUT2D eigenvalue weighted by molar-refractivity contribution is 5.99. The zero-order valence-corrected chi connectivity index (χ0v) is 22.2. The topological polar surface area (TPSA) is 131 Å². The first-order valence-corrected chi connectivity index (χ1v) is 13.4. The lowest BCUT2D eigenvalue weighted by Crippen LogP contribution is -1.97. The third-order valence-corrected chi connectivity index (χ3v) is 6.34. The van der Waals surface area contributed by atoms with Gasteiger partial charge >= 0.3 is 5.97 Å². The predicted molar refractivity (Wildman–Crippen MR) is 156 cm³/mol. The van der Waals surface area contributed by atoms with E-state index in [1.54, 1.807) is 12.1 Å². The number of anilines is 1. The summed E-state index contributed by atoms with van der Waals surface area (Å²) in [6.07, 6.45) is 12.5. The van der Waals surface area contributed by atoms with E-state index in [0.29, 0.717) is 17.1 Å². The lowest BCUT2D eigenvalue weighted by atomic mass is 9.96. The fourth-order valence-corrected chi connectivity index (χ4v) is 4.35. The van der Waals surface area contributed by atoms with E-state index in [-0.39, 0.29) is 11.5 Å². The number of nitrogen functional groups attached to an aromatic ring is 1. The molecule has 7 nitrogen and oxygen atoms in total. The van der Waals surface area contributed by atoms with Crippen LogP contribution in [0.5, 0.6) is 0 Å². The van der Waals surface area contributed by atoms with Gasteiger partial charge in [-0.2, -0.15) is 0 Å². The lowest BCUT2D eigenvalue weighted by Gasteiger charge is -2.10. The van der Waals surface area contributed by atoms with Gasteiger partial charge in [-0.3, -0.25) is 0 Å². The summed E-state index contributed by atoms with van der Waals surface area (Å²) in [4.78, 5) is 23.1. The number of aromatic amines is 1. The van der Waals surface area contributed by atoms with Crippen LogP contribution in [0, 0.1) is 0 Å². The van der Waals surface area contributed by atoms with Crippen molar-refractivity contribution in [2.24, 2.45) is 5.73 Å². The molecular weight excluding hydrogens is 474 g/mol. The molecule has 0 spiro atoms. The Hall–Kier alpha value is -3.97. The fraction of sp³-hybridized carbons (Fsp3) is 0.323. The third kappa shape index (κ3) is 8.28. The quantitative estimate of drug-likeness (QED) is 0.148. The van der Waals surface area contributed by atoms with E-state index in [0.717, 1.165) is 23.2 Å². The molecule has 2 aromatic carbocycles. The Labute approximate surface area is 225 Å². The predicted octanol–water partition coefficient (Wildman–Crippen LogP) is 7.17. The third-order valence-electron chi connectivity index (χ3n) is 6.34. The van der Waals surface area contributed by atoms with Gasteiger partial charge in [-0.1, -0.05) is 106 Å². The summed E-state index contributed by atoms with van der Waals surface area (Å²) in [6, 6.07) is 20.8. The molecule has 0 atom stereocenters. The van der Waals surface area contributed by atoms with Gasteiger partial charge in [0.15, 0.2) is 0 Å². The Morgan fingerprint density at radius 1 is 0.868 bits per heavy atom. The molecule has 0 fully saturated rings. The van der Waals surface area contributed by atoms with E-state index in [1.165, 1.54) is 57.6 Å². The molecule has 4 rings (SSSR count). The molecule has 0 saturated heterocycles. The SMILES string of the molecule is CCCCCCCCCCN.Nc1nccc(-c2cc(C(=O)O)c(-c3ccccc3-c3ccccc3)[nH]2)n1. The minimum absolute atomic E-state index is 0.130. The number of rotatable bonds is 12. The molecule has 6 N–H and O–H groups in total.